The van der Waals surface area contributed by atoms with Gasteiger partial charge in [-0.1, -0.05) is 18.2 Å². The monoisotopic (exact) mass is 386 g/mol. The van der Waals surface area contributed by atoms with Gasteiger partial charge in [-0.3, -0.25) is 9.69 Å². The number of halogens is 1. The lowest BCUT2D eigenvalue weighted by atomic mass is 10.1. The largest absolute Gasteiger partial charge is 0.452 e. The highest BCUT2D eigenvalue weighted by molar-refractivity contribution is 5.95. The van der Waals surface area contributed by atoms with Crippen molar-refractivity contribution in [1.29, 1.82) is 0 Å². The zero-order chi connectivity index (χ0) is 19.9. The molecule has 2 aromatic carbocycles. The number of hydrogen-bond donors (Lipinski definition) is 1. The number of carbonyl (C=O) groups excluding carboxylic acids is 2. The number of aryl methyl sites for hydroxylation is 1. The van der Waals surface area contributed by atoms with Crippen LogP contribution in [0.25, 0.3) is 0 Å². The Balaban J connectivity index is 1.48. The number of rotatable bonds is 6. The smallest absolute Gasteiger partial charge is 0.338 e. The van der Waals surface area contributed by atoms with Crippen LogP contribution in [0.5, 0.6) is 0 Å². The summed E-state index contributed by atoms with van der Waals surface area (Å²) in [6.45, 7) is 5.31. The summed E-state index contributed by atoms with van der Waals surface area (Å²) < 4.78 is 24.1. The van der Waals surface area contributed by atoms with Crippen LogP contribution in [0.3, 0.4) is 0 Å². The number of morpholine rings is 1. The van der Waals surface area contributed by atoms with Gasteiger partial charge in [0.15, 0.2) is 6.61 Å². The summed E-state index contributed by atoms with van der Waals surface area (Å²) in [5.41, 5.74) is 2.25. The zero-order valence-electron chi connectivity index (χ0n) is 15.7. The van der Waals surface area contributed by atoms with Gasteiger partial charge in [0.25, 0.3) is 5.91 Å². The Bertz CT molecular complexity index is 833. The van der Waals surface area contributed by atoms with Crippen molar-refractivity contribution in [3.8, 4) is 0 Å². The first-order valence-electron chi connectivity index (χ1n) is 9.13. The summed E-state index contributed by atoms with van der Waals surface area (Å²) in [5.74, 6) is -1.73. The van der Waals surface area contributed by atoms with Gasteiger partial charge in [0.2, 0.25) is 0 Å². The molecule has 1 N–H and O–H groups in total. The van der Waals surface area contributed by atoms with Crippen molar-refractivity contribution >= 4 is 17.6 Å². The molecule has 1 aliphatic rings. The van der Waals surface area contributed by atoms with Crippen molar-refractivity contribution in [2.24, 2.45) is 0 Å². The third-order valence-corrected chi connectivity index (χ3v) is 4.43. The minimum absolute atomic E-state index is 0.0547. The first kappa shape index (κ1) is 20.0. The average Bonchev–Trinajstić information content (AvgIpc) is 2.70. The van der Waals surface area contributed by atoms with Gasteiger partial charge in [0.05, 0.1) is 24.5 Å². The van der Waals surface area contributed by atoms with Crippen LogP contribution in [0.2, 0.25) is 0 Å². The Hall–Kier alpha value is -2.77. The van der Waals surface area contributed by atoms with Gasteiger partial charge in [-0.2, -0.15) is 0 Å². The summed E-state index contributed by atoms with van der Waals surface area (Å²) in [6, 6.07) is 11.6. The van der Waals surface area contributed by atoms with E-state index < -0.39 is 24.3 Å². The van der Waals surface area contributed by atoms with Crippen molar-refractivity contribution in [3.63, 3.8) is 0 Å². The number of amides is 1. The molecule has 2 aromatic rings. The Morgan fingerprint density at radius 1 is 1.14 bits per heavy atom. The summed E-state index contributed by atoms with van der Waals surface area (Å²) in [5, 5.41) is 2.39. The molecule has 1 fully saturated rings. The maximum Gasteiger partial charge on any atom is 0.338 e. The van der Waals surface area contributed by atoms with Gasteiger partial charge >= 0.3 is 5.97 Å². The molecule has 28 heavy (non-hydrogen) atoms. The van der Waals surface area contributed by atoms with E-state index in [9.17, 15) is 14.0 Å². The van der Waals surface area contributed by atoms with Crippen LogP contribution < -0.4 is 5.32 Å². The molecule has 0 atom stereocenters. The fraction of sp³-hybridized carbons (Fsp3) is 0.333. The normalized spacial score (nSPS) is 14.5. The van der Waals surface area contributed by atoms with Gasteiger partial charge in [0.1, 0.15) is 5.82 Å². The number of benzene rings is 2. The quantitative estimate of drug-likeness (QED) is 0.774. The van der Waals surface area contributed by atoms with Crippen LogP contribution in [-0.4, -0.2) is 49.7 Å². The van der Waals surface area contributed by atoms with E-state index in [0.29, 0.717) is 5.56 Å². The molecule has 3 rings (SSSR count). The fourth-order valence-electron chi connectivity index (χ4n) is 2.89. The van der Waals surface area contributed by atoms with Gasteiger partial charge in [-0.05, 0) is 42.3 Å². The molecule has 0 unspecified atom stereocenters. The van der Waals surface area contributed by atoms with Crippen LogP contribution in [-0.2, 0) is 20.8 Å². The molecular formula is C21H23FN2O4. The third-order valence-electron chi connectivity index (χ3n) is 4.43. The molecule has 0 radical (unpaired) electrons. The van der Waals surface area contributed by atoms with E-state index in [1.165, 1.54) is 12.1 Å². The van der Waals surface area contributed by atoms with Crippen LogP contribution in [0.15, 0.2) is 42.5 Å². The molecule has 6 nitrogen and oxygen atoms in total. The second-order valence-corrected chi connectivity index (χ2v) is 6.69. The fourth-order valence-corrected chi connectivity index (χ4v) is 2.89. The highest BCUT2D eigenvalue weighted by Crippen LogP contribution is 2.15. The number of nitrogens with zero attached hydrogens (tertiary/aromatic N) is 1. The number of nitrogens with one attached hydrogen (secondary N) is 1. The third kappa shape index (κ3) is 5.61. The van der Waals surface area contributed by atoms with Gasteiger partial charge in [-0.15, -0.1) is 0 Å². The highest BCUT2D eigenvalue weighted by Gasteiger charge is 2.14. The second-order valence-electron chi connectivity index (χ2n) is 6.69. The van der Waals surface area contributed by atoms with E-state index in [4.69, 9.17) is 9.47 Å². The van der Waals surface area contributed by atoms with Crippen LogP contribution in [0, 0.1) is 12.7 Å². The Kier molecular flexibility index (Phi) is 6.73. The highest BCUT2D eigenvalue weighted by atomic mass is 19.1. The van der Waals surface area contributed by atoms with Crippen LogP contribution in [0.4, 0.5) is 10.1 Å². The SMILES string of the molecule is Cc1ccc(NC(=O)COC(=O)c2ccc(CN3CCOCC3)cc2)c(F)c1. The van der Waals surface area contributed by atoms with E-state index in [1.54, 1.807) is 25.1 Å². The van der Waals surface area contributed by atoms with Crippen molar-refractivity contribution in [3.05, 3.63) is 65.0 Å². The average molecular weight is 386 g/mol. The van der Waals surface area contributed by atoms with Gasteiger partial charge in [0, 0.05) is 19.6 Å². The number of anilines is 1. The standard InChI is InChI=1S/C21H23FN2O4/c1-15-2-7-19(18(22)12-15)23-20(25)14-28-21(26)17-5-3-16(4-6-17)13-24-8-10-27-11-9-24/h2-7,12H,8-11,13-14H2,1H3,(H,23,25). The molecule has 0 aromatic heterocycles. The molecule has 1 aliphatic heterocycles. The minimum atomic E-state index is -0.600. The Morgan fingerprint density at radius 3 is 2.54 bits per heavy atom. The second kappa shape index (κ2) is 9.43. The molecule has 1 heterocycles. The van der Waals surface area contributed by atoms with Crippen molar-refractivity contribution in [2.75, 3.05) is 38.2 Å². The molecule has 0 spiro atoms. The number of esters is 1. The summed E-state index contributed by atoms with van der Waals surface area (Å²) in [4.78, 5) is 26.3. The minimum Gasteiger partial charge on any atom is -0.452 e. The lowest BCUT2D eigenvalue weighted by Gasteiger charge is -2.26. The topological polar surface area (TPSA) is 67.9 Å². The van der Waals surface area contributed by atoms with Crippen LogP contribution in [0.1, 0.15) is 21.5 Å². The lowest BCUT2D eigenvalue weighted by molar-refractivity contribution is -0.119. The number of ether oxygens (including phenoxy) is 2. The number of carbonyl (C=O) groups is 2. The molecule has 0 bridgehead atoms. The zero-order valence-corrected chi connectivity index (χ0v) is 15.7. The molecule has 0 saturated carbocycles. The summed E-state index contributed by atoms with van der Waals surface area (Å²) in [6.07, 6.45) is 0. The van der Waals surface area contributed by atoms with Crippen LogP contribution >= 0.6 is 0 Å². The lowest BCUT2D eigenvalue weighted by Crippen LogP contribution is -2.35. The Morgan fingerprint density at radius 2 is 1.86 bits per heavy atom. The molecule has 0 aliphatic carbocycles. The van der Waals surface area contributed by atoms with Crippen molar-refractivity contribution in [2.45, 2.75) is 13.5 Å². The first-order valence-corrected chi connectivity index (χ1v) is 9.13. The summed E-state index contributed by atoms with van der Waals surface area (Å²) in [7, 11) is 0. The van der Waals surface area contributed by atoms with Crippen molar-refractivity contribution < 1.29 is 23.5 Å². The van der Waals surface area contributed by atoms with Crippen molar-refractivity contribution in [1.82, 2.24) is 4.90 Å². The Labute approximate surface area is 163 Å². The molecule has 148 valence electrons. The summed E-state index contributed by atoms with van der Waals surface area (Å²) >= 11 is 0. The first-order chi connectivity index (χ1) is 13.5. The number of hydrogen-bond acceptors (Lipinski definition) is 5. The van der Waals surface area contributed by atoms with E-state index >= 15 is 0 Å². The maximum absolute atomic E-state index is 13.7. The van der Waals surface area contributed by atoms with Gasteiger partial charge in [-0.25, -0.2) is 9.18 Å². The molecule has 1 saturated heterocycles. The predicted octanol–water partition coefficient (Wildman–Crippen LogP) is 2.76. The van der Waals surface area contributed by atoms with E-state index in [1.807, 2.05) is 12.1 Å². The molecular weight excluding hydrogens is 363 g/mol. The van der Waals surface area contributed by atoms with E-state index in [0.717, 1.165) is 44.0 Å². The predicted molar refractivity (Wildman–Crippen MR) is 103 cm³/mol. The van der Waals surface area contributed by atoms with Gasteiger partial charge < -0.3 is 14.8 Å². The molecule has 7 heteroatoms. The molecule has 1 amide bonds. The maximum atomic E-state index is 13.7. The van der Waals surface area contributed by atoms with E-state index in [2.05, 4.69) is 10.2 Å². The van der Waals surface area contributed by atoms with E-state index in [-0.39, 0.29) is 5.69 Å².